The van der Waals surface area contributed by atoms with Gasteiger partial charge in [-0.3, -0.25) is 4.79 Å². The Balaban J connectivity index is 3.14. The van der Waals surface area contributed by atoms with E-state index < -0.39 is 23.4 Å². The lowest BCUT2D eigenvalue weighted by atomic mass is 9.86. The zero-order valence-electron chi connectivity index (χ0n) is 10.1. The van der Waals surface area contributed by atoms with Gasteiger partial charge in [-0.2, -0.15) is 0 Å². The Kier molecular flexibility index (Phi) is 4.09. The molecule has 1 unspecified atom stereocenters. The van der Waals surface area contributed by atoms with E-state index in [0.29, 0.717) is 12.8 Å². The molecular formula is C11H17NO5. The zero-order chi connectivity index (χ0) is 13.1. The predicted molar refractivity (Wildman–Crippen MR) is 58.2 cm³/mol. The van der Waals surface area contributed by atoms with E-state index >= 15 is 0 Å². The summed E-state index contributed by atoms with van der Waals surface area (Å²) in [7, 11) is 0. The summed E-state index contributed by atoms with van der Waals surface area (Å²) in [6.45, 7) is 3.25. The van der Waals surface area contributed by atoms with Gasteiger partial charge < -0.3 is 14.7 Å². The topological polar surface area (TPSA) is 83.9 Å². The standard InChI is InChI=1S/C11H17NO5/c1-3-17-10(16)11(9(14)15)6-4-5-7-12(11)8(2)13/h3-7H2,1-2H3,(H,14,15). The van der Waals surface area contributed by atoms with Gasteiger partial charge in [0.15, 0.2) is 0 Å². The summed E-state index contributed by atoms with van der Waals surface area (Å²) in [6, 6.07) is 0. The maximum absolute atomic E-state index is 11.9. The van der Waals surface area contributed by atoms with Crippen molar-refractivity contribution >= 4 is 17.8 Å². The number of aliphatic carboxylic acids is 1. The van der Waals surface area contributed by atoms with Crippen molar-refractivity contribution in [3.8, 4) is 0 Å². The Morgan fingerprint density at radius 1 is 1.35 bits per heavy atom. The number of carbonyl (C=O) groups is 3. The average Bonchev–Trinajstić information content (AvgIpc) is 2.28. The third-order valence-electron chi connectivity index (χ3n) is 2.98. The highest BCUT2D eigenvalue weighted by Gasteiger charge is 2.54. The summed E-state index contributed by atoms with van der Waals surface area (Å²) in [6.07, 6.45) is 1.41. The van der Waals surface area contributed by atoms with E-state index in [-0.39, 0.29) is 19.6 Å². The summed E-state index contributed by atoms with van der Waals surface area (Å²) in [5.41, 5.74) is -1.83. The Morgan fingerprint density at radius 3 is 2.47 bits per heavy atom. The highest BCUT2D eigenvalue weighted by molar-refractivity contribution is 6.07. The number of nitrogens with zero attached hydrogens (tertiary/aromatic N) is 1. The van der Waals surface area contributed by atoms with Crippen LogP contribution in [0.25, 0.3) is 0 Å². The number of carboxylic acid groups (broad SMARTS) is 1. The van der Waals surface area contributed by atoms with E-state index in [2.05, 4.69) is 0 Å². The van der Waals surface area contributed by atoms with E-state index in [0.717, 1.165) is 4.90 Å². The average molecular weight is 243 g/mol. The lowest BCUT2D eigenvalue weighted by Crippen LogP contribution is -2.64. The van der Waals surface area contributed by atoms with Crippen molar-refractivity contribution in [2.24, 2.45) is 0 Å². The number of piperidine rings is 1. The van der Waals surface area contributed by atoms with Crippen LogP contribution < -0.4 is 0 Å². The van der Waals surface area contributed by atoms with Crippen molar-refractivity contribution < 1.29 is 24.2 Å². The van der Waals surface area contributed by atoms with Crippen LogP contribution in [0.1, 0.15) is 33.1 Å². The molecule has 1 fully saturated rings. The van der Waals surface area contributed by atoms with Crippen molar-refractivity contribution in [2.45, 2.75) is 38.6 Å². The van der Waals surface area contributed by atoms with Gasteiger partial charge in [0.2, 0.25) is 11.4 Å². The summed E-state index contributed by atoms with van der Waals surface area (Å²) in [5, 5.41) is 9.31. The zero-order valence-corrected chi connectivity index (χ0v) is 10.1. The summed E-state index contributed by atoms with van der Waals surface area (Å²) in [5.74, 6) is -2.58. The summed E-state index contributed by atoms with van der Waals surface area (Å²) in [4.78, 5) is 35.9. The molecule has 1 aliphatic rings. The first-order chi connectivity index (χ1) is 7.96. The predicted octanol–water partition coefficient (Wildman–Crippen LogP) is 0.405. The fraction of sp³-hybridized carbons (Fsp3) is 0.727. The Morgan fingerprint density at radius 2 is 2.00 bits per heavy atom. The second-order valence-electron chi connectivity index (χ2n) is 4.01. The quantitative estimate of drug-likeness (QED) is 0.573. The summed E-state index contributed by atoms with van der Waals surface area (Å²) >= 11 is 0. The lowest BCUT2D eigenvalue weighted by Gasteiger charge is -2.41. The normalized spacial score (nSPS) is 24.2. The van der Waals surface area contributed by atoms with Gasteiger partial charge in [0, 0.05) is 13.5 Å². The van der Waals surface area contributed by atoms with Gasteiger partial charge in [-0.15, -0.1) is 0 Å². The first kappa shape index (κ1) is 13.5. The van der Waals surface area contributed by atoms with Crippen LogP contribution in [0.15, 0.2) is 0 Å². The lowest BCUT2D eigenvalue weighted by molar-refractivity contribution is -0.178. The fourth-order valence-electron chi connectivity index (χ4n) is 2.18. The van der Waals surface area contributed by atoms with Gasteiger partial charge in [0.1, 0.15) is 0 Å². The molecule has 1 amide bonds. The van der Waals surface area contributed by atoms with Crippen LogP contribution >= 0.6 is 0 Å². The van der Waals surface area contributed by atoms with Gasteiger partial charge in [0.25, 0.3) is 0 Å². The fourth-order valence-corrected chi connectivity index (χ4v) is 2.18. The smallest absolute Gasteiger partial charge is 0.343 e. The second kappa shape index (κ2) is 5.16. The number of carbonyl (C=O) groups excluding carboxylic acids is 2. The van der Waals surface area contributed by atoms with Crippen molar-refractivity contribution in [2.75, 3.05) is 13.2 Å². The molecule has 0 aromatic rings. The van der Waals surface area contributed by atoms with E-state index in [9.17, 15) is 19.5 Å². The Hall–Kier alpha value is -1.59. The van der Waals surface area contributed by atoms with E-state index in [1.54, 1.807) is 6.92 Å². The number of hydrogen-bond donors (Lipinski definition) is 1. The second-order valence-corrected chi connectivity index (χ2v) is 4.01. The molecule has 96 valence electrons. The number of amides is 1. The van der Waals surface area contributed by atoms with Crippen molar-refractivity contribution in [3.63, 3.8) is 0 Å². The molecule has 6 heteroatoms. The SMILES string of the molecule is CCOC(=O)C1(C(=O)O)CCCCN1C(C)=O. The molecule has 0 radical (unpaired) electrons. The molecule has 1 N–H and O–H groups in total. The molecule has 6 nitrogen and oxygen atoms in total. The molecule has 1 aliphatic heterocycles. The van der Waals surface area contributed by atoms with Crippen LogP contribution in [0.5, 0.6) is 0 Å². The minimum atomic E-state index is -1.83. The Labute approximate surface area is 99.5 Å². The number of ether oxygens (including phenoxy) is 1. The van der Waals surface area contributed by atoms with E-state index in [1.165, 1.54) is 6.92 Å². The van der Waals surface area contributed by atoms with E-state index in [4.69, 9.17) is 4.74 Å². The molecule has 0 spiro atoms. The monoisotopic (exact) mass is 243 g/mol. The number of likely N-dealkylation sites (tertiary alicyclic amines) is 1. The highest BCUT2D eigenvalue weighted by Crippen LogP contribution is 2.30. The molecule has 0 aliphatic carbocycles. The van der Waals surface area contributed by atoms with Gasteiger partial charge in [-0.05, 0) is 26.2 Å². The maximum atomic E-state index is 11.9. The number of esters is 1. The van der Waals surface area contributed by atoms with Crippen LogP contribution in [-0.2, 0) is 19.1 Å². The molecule has 0 saturated carbocycles. The largest absolute Gasteiger partial charge is 0.479 e. The molecule has 0 aromatic heterocycles. The number of hydrogen-bond acceptors (Lipinski definition) is 4. The molecule has 1 rings (SSSR count). The van der Waals surface area contributed by atoms with Gasteiger partial charge in [0.05, 0.1) is 6.61 Å². The van der Waals surface area contributed by atoms with Crippen molar-refractivity contribution in [3.05, 3.63) is 0 Å². The van der Waals surface area contributed by atoms with Crippen molar-refractivity contribution in [1.82, 2.24) is 4.90 Å². The minimum absolute atomic E-state index is 0.0968. The Bertz CT molecular complexity index is 341. The van der Waals surface area contributed by atoms with E-state index in [1.807, 2.05) is 0 Å². The van der Waals surface area contributed by atoms with Gasteiger partial charge in [-0.1, -0.05) is 0 Å². The molecular weight excluding hydrogens is 226 g/mol. The summed E-state index contributed by atoms with van der Waals surface area (Å²) < 4.78 is 4.81. The molecule has 17 heavy (non-hydrogen) atoms. The molecule has 0 aromatic carbocycles. The number of carboxylic acids is 1. The van der Waals surface area contributed by atoms with Crippen LogP contribution in [0.4, 0.5) is 0 Å². The van der Waals surface area contributed by atoms with Gasteiger partial charge >= 0.3 is 11.9 Å². The van der Waals surface area contributed by atoms with Crippen LogP contribution in [0, 0.1) is 0 Å². The third kappa shape index (κ3) is 2.25. The van der Waals surface area contributed by atoms with Crippen LogP contribution in [0.3, 0.4) is 0 Å². The number of rotatable bonds is 3. The molecule has 1 saturated heterocycles. The first-order valence-electron chi connectivity index (χ1n) is 5.65. The van der Waals surface area contributed by atoms with Crippen LogP contribution in [0.2, 0.25) is 0 Å². The molecule has 1 heterocycles. The van der Waals surface area contributed by atoms with Crippen molar-refractivity contribution in [1.29, 1.82) is 0 Å². The van der Waals surface area contributed by atoms with Gasteiger partial charge in [-0.25, -0.2) is 9.59 Å². The molecule has 0 bridgehead atoms. The molecule has 1 atom stereocenters. The van der Waals surface area contributed by atoms with Crippen LogP contribution in [-0.4, -0.2) is 46.5 Å². The maximum Gasteiger partial charge on any atom is 0.343 e. The minimum Gasteiger partial charge on any atom is -0.479 e. The highest BCUT2D eigenvalue weighted by atomic mass is 16.5. The first-order valence-corrected chi connectivity index (χ1v) is 5.65. The third-order valence-corrected chi connectivity index (χ3v) is 2.98.